The molecule has 0 bridgehead atoms. The average Bonchev–Trinajstić information content (AvgIpc) is 1.61. The highest BCUT2D eigenvalue weighted by molar-refractivity contribution is 6.10. The van der Waals surface area contributed by atoms with Crippen molar-refractivity contribution in [1.82, 2.24) is 4.57 Å². The van der Waals surface area contributed by atoms with Gasteiger partial charge in [-0.2, -0.15) is 0 Å². The molecule has 0 aliphatic rings. The Balaban J connectivity index is 1.12. The van der Waals surface area contributed by atoms with Crippen molar-refractivity contribution in [2.75, 3.05) is 9.80 Å². The molecule has 0 fully saturated rings. The number of rotatable bonds is 14. The Bertz CT molecular complexity index is 5820. The summed E-state index contributed by atoms with van der Waals surface area (Å²) in [5.41, 5.74) is 22.0. The molecule has 1 aromatic heterocycles. The first-order valence-corrected chi connectivity index (χ1v) is 34.1. The van der Waals surface area contributed by atoms with Crippen LogP contribution in [-0.2, 0) is 16.2 Å². The van der Waals surface area contributed by atoms with Crippen molar-refractivity contribution in [3.63, 3.8) is 0 Å². The number of hydrogen-bond donors (Lipinski definition) is 0. The van der Waals surface area contributed by atoms with Crippen LogP contribution >= 0.6 is 0 Å². The molecule has 15 aromatic rings. The van der Waals surface area contributed by atoms with Crippen molar-refractivity contribution in [2.45, 2.75) is 78.6 Å². The SMILES string of the molecule is [2H]c1c([2H])c([2H])c2c(c1[2H])c1c([2H])c([2H])c([2H])c([2H])c1n2-c1cccc(N(c2cc(N(c3ccc(-c4ccccc4)cc3)c3c(-c4ccccc4)cc(C(C)(C)C)cc3-c3cccc(-c4ccccc4)c3)cc(C(C)(C)C)c2)c2c(-c3ccccc3)cc(C(C)(C)C)cc2-c2cccc(-c3ccccc3)c2)c1. The highest BCUT2D eigenvalue weighted by atomic mass is 15.2. The molecule has 0 aliphatic heterocycles. The third-order valence-corrected chi connectivity index (χ3v) is 19.0. The Kier molecular flexibility index (Phi) is 14.4. The van der Waals surface area contributed by atoms with Gasteiger partial charge in [-0.1, -0.05) is 305 Å². The highest BCUT2D eigenvalue weighted by Crippen LogP contribution is 2.54. The largest absolute Gasteiger partial charge is 0.309 e. The van der Waals surface area contributed by atoms with Gasteiger partial charge in [-0.15, -0.1) is 0 Å². The predicted octanol–water partition coefficient (Wildman–Crippen LogP) is 27.3. The van der Waals surface area contributed by atoms with Crippen LogP contribution < -0.4 is 9.80 Å². The molecule has 0 unspecified atom stereocenters. The average molecular weight is 1290 g/mol. The lowest BCUT2D eigenvalue weighted by molar-refractivity contribution is 0.590. The van der Waals surface area contributed by atoms with Crippen molar-refractivity contribution >= 4 is 55.9 Å². The van der Waals surface area contributed by atoms with E-state index in [0.717, 1.165) is 117 Å². The Morgan fingerprint density at radius 1 is 0.253 bits per heavy atom. The maximum atomic E-state index is 9.73. The van der Waals surface area contributed by atoms with E-state index in [1.54, 1.807) is 4.57 Å². The summed E-state index contributed by atoms with van der Waals surface area (Å²) in [7, 11) is 0. The van der Waals surface area contributed by atoms with Crippen LogP contribution in [0.4, 0.5) is 34.1 Å². The van der Waals surface area contributed by atoms with Crippen LogP contribution in [-0.4, -0.2) is 4.57 Å². The number of anilines is 6. The molecule has 0 N–H and O–H groups in total. The van der Waals surface area contributed by atoms with Crippen molar-refractivity contribution in [3.05, 3.63) is 356 Å². The predicted molar refractivity (Wildman–Crippen MR) is 424 cm³/mol. The summed E-state index contributed by atoms with van der Waals surface area (Å²) >= 11 is 0. The first-order valence-electron chi connectivity index (χ1n) is 38.1. The van der Waals surface area contributed by atoms with E-state index in [2.05, 4.69) is 327 Å². The lowest BCUT2D eigenvalue weighted by Crippen LogP contribution is -2.20. The Hall–Kier alpha value is -11.5. The maximum absolute atomic E-state index is 9.73. The Labute approximate surface area is 596 Å². The molecule has 0 atom stereocenters. The van der Waals surface area contributed by atoms with E-state index >= 15 is 0 Å². The zero-order chi connectivity index (χ0) is 75.0. The zero-order valence-corrected chi connectivity index (χ0v) is 57.6. The van der Waals surface area contributed by atoms with Crippen LogP contribution in [0.3, 0.4) is 0 Å². The van der Waals surface area contributed by atoms with Gasteiger partial charge in [-0.3, -0.25) is 0 Å². The molecule has 1 heterocycles. The molecule has 3 heteroatoms. The standard InChI is InChI=1S/C96H83N3/c1-94(2,3)76-58-82(97(79-54-52-69(53-55-79)66-32-15-10-16-33-66)92-86(70-38-21-13-22-39-70)60-77(95(4,5)6)62-88(92)74-44-29-42-72(56-74)67-34-17-11-18-35-67)65-83(59-76)98(80-46-31-47-81(64-80)99-90-50-27-25-48-84(90)85-49-26-28-51-91(85)99)93-87(71-40-23-14-24-41-71)61-78(96(7,8)9)63-89(93)75-45-30-43-73(57-75)68-36-19-12-20-37-68/h10-65H,1-9H3/i25D,26D,27D,28D,48D,49D,50D,51D. The van der Waals surface area contributed by atoms with Gasteiger partial charge in [0, 0.05) is 61.5 Å². The monoisotopic (exact) mass is 1290 g/mol. The number of para-hydroxylation sites is 2. The Morgan fingerprint density at radius 2 is 0.576 bits per heavy atom. The van der Waals surface area contributed by atoms with Gasteiger partial charge in [-0.25, -0.2) is 0 Å². The zero-order valence-electron chi connectivity index (χ0n) is 65.6. The molecule has 0 saturated carbocycles. The third kappa shape index (κ3) is 12.7. The minimum absolute atomic E-state index is 0.000885. The van der Waals surface area contributed by atoms with Gasteiger partial charge in [0.05, 0.1) is 33.4 Å². The number of hydrogen-bond acceptors (Lipinski definition) is 2. The molecule has 482 valence electrons. The normalized spacial score (nSPS) is 13.0. The quantitative estimate of drug-likeness (QED) is 0.107. The van der Waals surface area contributed by atoms with E-state index in [4.69, 9.17) is 2.74 Å². The highest BCUT2D eigenvalue weighted by Gasteiger charge is 2.32. The second-order valence-corrected chi connectivity index (χ2v) is 28.8. The van der Waals surface area contributed by atoms with Crippen molar-refractivity contribution < 1.29 is 11.0 Å². The van der Waals surface area contributed by atoms with E-state index < -0.39 is 41.7 Å². The number of aromatic nitrogens is 1. The van der Waals surface area contributed by atoms with Crippen LogP contribution in [0, 0.1) is 0 Å². The first kappa shape index (κ1) is 54.6. The minimum atomic E-state index is -0.507. The number of benzene rings is 14. The number of nitrogens with zero attached hydrogens (tertiary/aromatic N) is 3. The molecular formula is C96H83N3. The second-order valence-electron chi connectivity index (χ2n) is 28.8. The molecule has 0 radical (unpaired) electrons. The summed E-state index contributed by atoms with van der Waals surface area (Å²) in [6.45, 7) is 20.4. The lowest BCUT2D eigenvalue weighted by atomic mass is 9.81. The lowest BCUT2D eigenvalue weighted by Gasteiger charge is -2.36. The van der Waals surface area contributed by atoms with Gasteiger partial charge < -0.3 is 14.4 Å². The smallest absolute Gasteiger partial charge is 0.0645 e. The van der Waals surface area contributed by atoms with Crippen LogP contribution in [0.25, 0.3) is 105 Å². The van der Waals surface area contributed by atoms with Crippen LogP contribution in [0.15, 0.2) is 340 Å². The maximum Gasteiger partial charge on any atom is 0.0645 e. The van der Waals surface area contributed by atoms with E-state index in [9.17, 15) is 8.22 Å². The molecule has 3 nitrogen and oxygen atoms in total. The summed E-state index contributed by atoms with van der Waals surface area (Å²) in [6, 6.07) is 100. The summed E-state index contributed by atoms with van der Waals surface area (Å²) in [6.07, 6.45) is 0. The summed E-state index contributed by atoms with van der Waals surface area (Å²) < 4.78 is 76.4. The fourth-order valence-electron chi connectivity index (χ4n) is 13.7. The van der Waals surface area contributed by atoms with Gasteiger partial charge in [0.25, 0.3) is 0 Å². The molecule has 99 heavy (non-hydrogen) atoms. The summed E-state index contributed by atoms with van der Waals surface area (Å²) in [5, 5.41) is 0.00177. The van der Waals surface area contributed by atoms with E-state index in [1.807, 2.05) is 36.4 Å². The summed E-state index contributed by atoms with van der Waals surface area (Å²) in [4.78, 5) is 4.81. The fourth-order valence-corrected chi connectivity index (χ4v) is 13.7. The van der Waals surface area contributed by atoms with E-state index in [-0.39, 0.29) is 44.7 Å². The van der Waals surface area contributed by atoms with Crippen molar-refractivity contribution in [2.24, 2.45) is 0 Å². The van der Waals surface area contributed by atoms with E-state index in [1.165, 1.54) is 5.56 Å². The van der Waals surface area contributed by atoms with Gasteiger partial charge in [0.15, 0.2) is 0 Å². The van der Waals surface area contributed by atoms with Gasteiger partial charge in [0.2, 0.25) is 0 Å². The Morgan fingerprint density at radius 3 is 0.990 bits per heavy atom. The van der Waals surface area contributed by atoms with Gasteiger partial charge in [0.1, 0.15) is 0 Å². The molecule has 0 spiro atoms. The first-order chi connectivity index (χ1) is 51.3. The van der Waals surface area contributed by atoms with Crippen LogP contribution in [0.5, 0.6) is 0 Å². The third-order valence-electron chi connectivity index (χ3n) is 19.0. The molecule has 14 aromatic carbocycles. The molecule has 15 rings (SSSR count). The minimum Gasteiger partial charge on any atom is -0.309 e. The van der Waals surface area contributed by atoms with E-state index in [0.29, 0.717) is 11.4 Å². The van der Waals surface area contributed by atoms with Gasteiger partial charge in [-0.05, 0) is 186 Å². The van der Waals surface area contributed by atoms with Gasteiger partial charge >= 0.3 is 0 Å². The van der Waals surface area contributed by atoms with Crippen molar-refractivity contribution in [1.29, 1.82) is 0 Å². The second kappa shape index (κ2) is 26.1. The van der Waals surface area contributed by atoms with Crippen LogP contribution in [0.1, 0.15) is 90.0 Å². The van der Waals surface area contributed by atoms with Crippen molar-refractivity contribution in [3.8, 4) is 83.6 Å². The molecule has 0 saturated heterocycles. The molecule has 0 aliphatic carbocycles. The topological polar surface area (TPSA) is 11.4 Å². The fraction of sp³-hybridized carbons (Fsp3) is 0.125. The number of fused-ring (bicyclic) bond motifs is 3. The summed E-state index contributed by atoms with van der Waals surface area (Å²) in [5.74, 6) is 0. The molecule has 0 amide bonds. The molecular weight excluding hydrogens is 1200 g/mol. The van der Waals surface area contributed by atoms with Crippen LogP contribution in [0.2, 0.25) is 0 Å².